The molecule has 18 heavy (non-hydrogen) atoms. The van der Waals surface area contributed by atoms with Gasteiger partial charge in [0.2, 0.25) is 0 Å². The number of pyridine rings is 1. The van der Waals surface area contributed by atoms with Crippen LogP contribution < -0.4 is 0 Å². The second-order valence-corrected chi connectivity index (χ2v) is 4.19. The van der Waals surface area contributed by atoms with Crippen LogP contribution in [0.3, 0.4) is 0 Å². The second kappa shape index (κ2) is 5.27. The summed E-state index contributed by atoms with van der Waals surface area (Å²) in [4.78, 5) is 8.77. The van der Waals surface area contributed by atoms with E-state index in [4.69, 9.17) is 0 Å². The van der Waals surface area contributed by atoms with Crippen molar-refractivity contribution in [2.24, 2.45) is 0 Å². The van der Waals surface area contributed by atoms with Crippen molar-refractivity contribution in [2.45, 2.75) is 39.7 Å². The third-order valence-electron chi connectivity index (χ3n) is 2.82. The van der Waals surface area contributed by atoms with E-state index in [1.54, 1.807) is 17.8 Å². The van der Waals surface area contributed by atoms with Crippen LogP contribution in [0.25, 0.3) is 5.82 Å². The van der Waals surface area contributed by atoms with E-state index in [0.717, 1.165) is 35.9 Å². The number of aliphatic hydroxyl groups is 1. The maximum atomic E-state index is 9.45. The fourth-order valence-electron chi connectivity index (χ4n) is 1.72. The number of rotatable bonds is 4. The van der Waals surface area contributed by atoms with Gasteiger partial charge in [-0.15, -0.1) is 5.10 Å². The molecule has 2 aromatic rings. The number of aromatic nitrogens is 4. The van der Waals surface area contributed by atoms with Crippen LogP contribution in [0.5, 0.6) is 0 Å². The van der Waals surface area contributed by atoms with Gasteiger partial charge >= 0.3 is 0 Å². The van der Waals surface area contributed by atoms with Crippen molar-refractivity contribution in [3.8, 4) is 5.82 Å². The molecule has 5 heteroatoms. The molecule has 1 N–H and O–H groups in total. The lowest BCUT2D eigenvalue weighted by atomic mass is 10.2. The van der Waals surface area contributed by atoms with E-state index in [9.17, 15) is 5.11 Å². The predicted molar refractivity (Wildman–Crippen MR) is 68.5 cm³/mol. The van der Waals surface area contributed by atoms with Crippen molar-refractivity contribution in [1.82, 2.24) is 19.7 Å². The SMILES string of the molecule is CCc1nc(CC)n(-c2ccc(C(C)O)cn2)n1. The van der Waals surface area contributed by atoms with Gasteiger partial charge in [-0.3, -0.25) is 0 Å². The third-order valence-corrected chi connectivity index (χ3v) is 2.82. The molecule has 0 aliphatic carbocycles. The average Bonchev–Trinajstić information content (AvgIpc) is 2.82. The van der Waals surface area contributed by atoms with Crippen molar-refractivity contribution in [3.05, 3.63) is 35.5 Å². The molecule has 2 heterocycles. The van der Waals surface area contributed by atoms with Gasteiger partial charge in [0.1, 0.15) is 5.82 Å². The highest BCUT2D eigenvalue weighted by atomic mass is 16.3. The molecular weight excluding hydrogens is 228 g/mol. The maximum absolute atomic E-state index is 9.45. The first-order valence-electron chi connectivity index (χ1n) is 6.24. The summed E-state index contributed by atoms with van der Waals surface area (Å²) in [6.07, 6.45) is 2.80. The lowest BCUT2D eigenvalue weighted by Gasteiger charge is -2.06. The maximum Gasteiger partial charge on any atom is 0.155 e. The largest absolute Gasteiger partial charge is 0.389 e. The molecule has 5 nitrogen and oxygen atoms in total. The minimum Gasteiger partial charge on any atom is -0.389 e. The van der Waals surface area contributed by atoms with Crippen LogP contribution in [0.2, 0.25) is 0 Å². The minimum absolute atomic E-state index is 0.501. The van der Waals surface area contributed by atoms with Crippen LogP contribution in [0.1, 0.15) is 44.1 Å². The monoisotopic (exact) mass is 246 g/mol. The van der Waals surface area contributed by atoms with Crippen LogP contribution in [0, 0.1) is 0 Å². The Morgan fingerprint density at radius 1 is 1.28 bits per heavy atom. The summed E-state index contributed by atoms with van der Waals surface area (Å²) in [7, 11) is 0. The summed E-state index contributed by atoms with van der Waals surface area (Å²) in [5.41, 5.74) is 0.799. The van der Waals surface area contributed by atoms with Crippen molar-refractivity contribution >= 4 is 0 Å². The van der Waals surface area contributed by atoms with E-state index >= 15 is 0 Å². The summed E-state index contributed by atoms with van der Waals surface area (Å²) >= 11 is 0. The van der Waals surface area contributed by atoms with Crippen LogP contribution in [-0.2, 0) is 12.8 Å². The second-order valence-electron chi connectivity index (χ2n) is 4.19. The standard InChI is InChI=1S/C13H18N4O/c1-4-11-15-12(5-2)17(16-11)13-7-6-10(8-14-13)9(3)18/h6-9,18H,4-5H2,1-3H3. The van der Waals surface area contributed by atoms with Crippen LogP contribution in [0.15, 0.2) is 18.3 Å². The van der Waals surface area contributed by atoms with Crippen LogP contribution >= 0.6 is 0 Å². The molecule has 96 valence electrons. The van der Waals surface area contributed by atoms with Gasteiger partial charge in [-0.25, -0.2) is 9.97 Å². The molecule has 0 aliphatic heterocycles. The lowest BCUT2D eigenvalue weighted by molar-refractivity contribution is 0.199. The third kappa shape index (κ3) is 2.41. The smallest absolute Gasteiger partial charge is 0.155 e. The summed E-state index contributed by atoms with van der Waals surface area (Å²) in [5.74, 6) is 2.47. The van der Waals surface area contributed by atoms with Gasteiger partial charge in [0, 0.05) is 19.0 Å². The Bertz CT molecular complexity index is 516. The summed E-state index contributed by atoms with van der Waals surface area (Å²) < 4.78 is 1.77. The fraction of sp³-hybridized carbons (Fsp3) is 0.462. The van der Waals surface area contributed by atoms with E-state index in [0.29, 0.717) is 0 Å². The van der Waals surface area contributed by atoms with Gasteiger partial charge in [0.25, 0.3) is 0 Å². The topological polar surface area (TPSA) is 63.8 Å². The highest BCUT2D eigenvalue weighted by Crippen LogP contribution is 2.13. The zero-order valence-electron chi connectivity index (χ0n) is 11.0. The Kier molecular flexibility index (Phi) is 3.72. The Hall–Kier alpha value is -1.75. The van der Waals surface area contributed by atoms with Crippen molar-refractivity contribution in [1.29, 1.82) is 0 Å². The van der Waals surface area contributed by atoms with Crippen LogP contribution in [-0.4, -0.2) is 24.9 Å². The average molecular weight is 246 g/mol. The number of hydrogen-bond donors (Lipinski definition) is 1. The molecule has 2 aromatic heterocycles. The molecule has 2 rings (SSSR count). The van der Waals surface area contributed by atoms with Gasteiger partial charge in [-0.05, 0) is 18.6 Å². The molecule has 0 saturated carbocycles. The minimum atomic E-state index is -0.501. The van der Waals surface area contributed by atoms with Crippen LogP contribution in [0.4, 0.5) is 0 Å². The van der Waals surface area contributed by atoms with E-state index in [-0.39, 0.29) is 0 Å². The molecule has 1 atom stereocenters. The molecule has 0 fully saturated rings. The molecule has 0 radical (unpaired) electrons. The zero-order chi connectivity index (χ0) is 13.1. The zero-order valence-corrected chi connectivity index (χ0v) is 11.0. The van der Waals surface area contributed by atoms with E-state index in [1.165, 1.54) is 0 Å². The van der Waals surface area contributed by atoms with E-state index in [2.05, 4.69) is 15.1 Å². The summed E-state index contributed by atoms with van der Waals surface area (Å²) in [5, 5.41) is 13.9. The van der Waals surface area contributed by atoms with E-state index < -0.39 is 6.10 Å². The van der Waals surface area contributed by atoms with Gasteiger partial charge in [-0.1, -0.05) is 19.9 Å². The summed E-state index contributed by atoms with van der Waals surface area (Å²) in [6, 6.07) is 3.72. The quantitative estimate of drug-likeness (QED) is 0.894. The molecule has 0 aliphatic rings. The molecular formula is C13H18N4O. The molecule has 0 spiro atoms. The first-order valence-corrected chi connectivity index (χ1v) is 6.24. The van der Waals surface area contributed by atoms with Crippen molar-refractivity contribution in [3.63, 3.8) is 0 Å². The fourth-order valence-corrected chi connectivity index (χ4v) is 1.72. The normalized spacial score (nSPS) is 12.7. The van der Waals surface area contributed by atoms with Gasteiger partial charge in [0.05, 0.1) is 6.10 Å². The molecule has 1 unspecified atom stereocenters. The number of hydrogen-bond acceptors (Lipinski definition) is 4. The Balaban J connectivity index is 2.38. The lowest BCUT2D eigenvalue weighted by Crippen LogP contribution is -2.05. The molecule has 0 amide bonds. The predicted octanol–water partition coefficient (Wildman–Crippen LogP) is 1.84. The number of aliphatic hydroxyl groups excluding tert-OH is 1. The van der Waals surface area contributed by atoms with Crippen molar-refractivity contribution in [2.75, 3.05) is 0 Å². The van der Waals surface area contributed by atoms with Gasteiger partial charge in [0.15, 0.2) is 11.6 Å². The Morgan fingerprint density at radius 3 is 2.56 bits per heavy atom. The van der Waals surface area contributed by atoms with Crippen molar-refractivity contribution < 1.29 is 5.11 Å². The number of aryl methyl sites for hydroxylation is 2. The molecule has 0 bridgehead atoms. The molecule has 0 saturated heterocycles. The first kappa shape index (κ1) is 12.7. The first-order chi connectivity index (χ1) is 8.65. The summed E-state index contributed by atoms with van der Waals surface area (Å²) in [6.45, 7) is 5.80. The Labute approximate surface area is 107 Å². The number of nitrogens with zero attached hydrogens (tertiary/aromatic N) is 4. The highest BCUT2D eigenvalue weighted by molar-refractivity contribution is 5.26. The molecule has 0 aromatic carbocycles. The van der Waals surface area contributed by atoms with Gasteiger partial charge < -0.3 is 5.11 Å². The van der Waals surface area contributed by atoms with E-state index in [1.807, 2.05) is 26.0 Å². The van der Waals surface area contributed by atoms with Gasteiger partial charge in [-0.2, -0.15) is 4.68 Å². The highest BCUT2D eigenvalue weighted by Gasteiger charge is 2.10. The Morgan fingerprint density at radius 2 is 2.06 bits per heavy atom.